The van der Waals surface area contributed by atoms with Crippen molar-refractivity contribution in [3.05, 3.63) is 0 Å². The third kappa shape index (κ3) is 37.2. The van der Waals surface area contributed by atoms with Crippen LogP contribution in [0.3, 0.4) is 0 Å². The smallest absolute Gasteiger partial charge is 0 e. The zero-order chi connectivity index (χ0) is 0. The van der Waals surface area contributed by atoms with Crippen molar-refractivity contribution >= 4 is 45.3 Å². The summed E-state index contributed by atoms with van der Waals surface area (Å²) in [5.74, 6) is 0. The normalized spacial score (nSPS) is 0. The van der Waals surface area contributed by atoms with E-state index in [4.69, 9.17) is 0 Å². The molecule has 0 atom stereocenters. The fourth-order valence-corrected chi connectivity index (χ4v) is 0. The van der Waals surface area contributed by atoms with Crippen molar-refractivity contribution in [1.82, 2.24) is 0 Å². The Hall–Kier alpha value is 4.57. The Morgan fingerprint density at radius 2 is 1.00 bits per heavy atom. The molecule has 0 fully saturated rings. The van der Waals surface area contributed by atoms with Crippen LogP contribution < -0.4 is 0 Å². The minimum atomic E-state index is 0. The van der Waals surface area contributed by atoms with Gasteiger partial charge in [0, 0.05) is 143 Å². The predicted molar refractivity (Wildman–Crippen MR) is 11.5 cm³/mol. The molecule has 7 heavy (non-hydrogen) atoms. The van der Waals surface area contributed by atoms with E-state index in [-0.39, 0.29) is 143 Å². The molecule has 0 saturated carbocycles. The summed E-state index contributed by atoms with van der Waals surface area (Å²) in [4.78, 5) is 0. The van der Waals surface area contributed by atoms with Gasteiger partial charge in [0.25, 0.3) is 0 Å². The summed E-state index contributed by atoms with van der Waals surface area (Å²) in [5.41, 5.74) is 0. The Balaban J connectivity index is 0. The second-order valence-corrected chi connectivity index (χ2v) is 0. The summed E-state index contributed by atoms with van der Waals surface area (Å²) < 4.78 is 0. The standard InChI is InChI=1S/As.Cd.Cr.Cu.Ni.Pb.Zn. The summed E-state index contributed by atoms with van der Waals surface area (Å²) >= 11 is 0. The third-order valence-electron chi connectivity index (χ3n) is 0. The predicted octanol–water partition coefficient (Wildman–Crippen LogP) is -0.774. The summed E-state index contributed by atoms with van der Waals surface area (Å²) in [6.45, 7) is 0. The maximum absolute atomic E-state index is 0. The van der Waals surface area contributed by atoms with Crippen LogP contribution in [-0.4, -0.2) is 45.3 Å². The average Bonchev–Trinajstić information content (AvgIpc) is 0. The second-order valence-electron chi connectivity index (χ2n) is 0. The molecule has 7 heteroatoms. The van der Waals surface area contributed by atoms with Crippen LogP contribution in [0.1, 0.15) is 0 Å². The quantitative estimate of drug-likeness (QED) is 0.308. The van der Waals surface area contributed by atoms with Gasteiger partial charge >= 0.3 is 0 Å². The van der Waals surface area contributed by atoms with Gasteiger partial charge in [-0.15, -0.1) is 0 Å². The van der Waals surface area contributed by atoms with E-state index in [0.717, 1.165) is 0 Å². The number of hydrogen-bond donors (Lipinski definition) is 0. The van der Waals surface area contributed by atoms with Gasteiger partial charge in [-0.25, -0.2) is 0 Å². The van der Waals surface area contributed by atoms with Gasteiger partial charge in [0.15, 0.2) is 0 Å². The van der Waals surface area contributed by atoms with Crippen LogP contribution in [0.4, 0.5) is 0 Å². The van der Waals surface area contributed by atoms with Crippen LogP contribution in [-0.2, 0) is 97.7 Å². The van der Waals surface area contributed by atoms with Crippen LogP contribution in [0.15, 0.2) is 0 Å². The van der Waals surface area contributed by atoms with Crippen LogP contribution in [0.2, 0.25) is 0 Å². The van der Waals surface area contributed by atoms with Gasteiger partial charge in [-0.3, -0.25) is 0 Å². The van der Waals surface area contributed by atoms with E-state index < -0.39 is 0 Å². The Kier molecular flexibility index (Phi) is 410. The molecule has 0 saturated heterocycles. The second kappa shape index (κ2) is 46.3. The first kappa shape index (κ1) is 61.9. The Bertz CT molecular complexity index is 19.7. The topological polar surface area (TPSA) is 0 Å². The van der Waals surface area contributed by atoms with Crippen molar-refractivity contribution in [3.8, 4) is 0 Å². The zero-order valence-electron chi connectivity index (χ0n) is 3.39. The summed E-state index contributed by atoms with van der Waals surface area (Å²) in [6, 6.07) is 0. The van der Waals surface area contributed by atoms with Gasteiger partial charge < -0.3 is 0 Å². The molecule has 0 rings (SSSR count). The van der Waals surface area contributed by atoms with Gasteiger partial charge in [-0.2, -0.15) is 0 Å². The van der Waals surface area contributed by atoms with Crippen LogP contribution in [0.5, 0.6) is 0 Å². The van der Waals surface area contributed by atoms with Crippen LogP contribution in [0.25, 0.3) is 0 Å². The molecule has 0 N–H and O–H groups in total. The monoisotopic (exact) mass is 634 g/mol. The molecule has 40 valence electrons. The molecular weight excluding hydrogens is 634 g/mol. The van der Waals surface area contributed by atoms with E-state index >= 15 is 0 Å². The van der Waals surface area contributed by atoms with Gasteiger partial charge in [0.2, 0.25) is 0 Å². The molecule has 0 aromatic rings. The molecule has 0 heterocycles. The van der Waals surface area contributed by atoms with Crippen molar-refractivity contribution in [2.75, 3.05) is 0 Å². The summed E-state index contributed by atoms with van der Waals surface area (Å²) in [6.07, 6.45) is 0. The number of rotatable bonds is 0. The van der Waals surface area contributed by atoms with E-state index in [0.29, 0.717) is 0 Å². The molecule has 0 spiro atoms. The first-order valence-corrected chi connectivity index (χ1v) is 0. The van der Waals surface area contributed by atoms with E-state index in [1.165, 1.54) is 0 Å². The minimum Gasteiger partial charge on any atom is 0 e. The van der Waals surface area contributed by atoms with E-state index in [9.17, 15) is 0 Å². The molecule has 0 aliphatic carbocycles. The first-order chi connectivity index (χ1) is 0. The van der Waals surface area contributed by atoms with Gasteiger partial charge in [0.1, 0.15) is 0 Å². The van der Waals surface area contributed by atoms with Crippen molar-refractivity contribution in [1.29, 1.82) is 0 Å². The molecule has 0 unspecified atom stereocenters. The van der Waals surface area contributed by atoms with Crippen molar-refractivity contribution in [2.45, 2.75) is 0 Å². The van der Waals surface area contributed by atoms with Crippen molar-refractivity contribution in [2.24, 2.45) is 0 Å². The Morgan fingerprint density at radius 3 is 1.00 bits per heavy atom. The SMILES string of the molecule is [As].[Cd].[Cr].[Cu].[Ni].[Pb].[Zn]. The largest absolute Gasteiger partial charge is 0 e. The molecule has 0 aliphatic rings. The third-order valence-corrected chi connectivity index (χ3v) is 0. The molecule has 0 nitrogen and oxygen atoms in total. The fraction of sp³-hybridized carbons (Fsp3) is 0. The maximum Gasteiger partial charge on any atom is 0 e. The first-order valence-electron chi connectivity index (χ1n) is 0. The molecular formula is AsCdCrCuNiPbZn. The molecule has 0 bridgehead atoms. The maximum atomic E-state index is 0. The van der Waals surface area contributed by atoms with Crippen LogP contribution >= 0.6 is 0 Å². The average molecular weight is 634 g/mol. The van der Waals surface area contributed by atoms with Gasteiger partial charge in [-0.05, 0) is 0 Å². The van der Waals surface area contributed by atoms with Crippen molar-refractivity contribution < 1.29 is 97.7 Å². The zero-order valence-corrected chi connectivity index (χ0v) is 19.4. The van der Waals surface area contributed by atoms with Gasteiger partial charge in [0.05, 0.1) is 0 Å². The fourth-order valence-electron chi connectivity index (χ4n) is 0. The van der Waals surface area contributed by atoms with Gasteiger partial charge in [-0.1, -0.05) is 0 Å². The molecule has 0 aromatic heterocycles. The van der Waals surface area contributed by atoms with Crippen molar-refractivity contribution in [3.63, 3.8) is 0 Å². The Morgan fingerprint density at radius 1 is 1.00 bits per heavy atom. The van der Waals surface area contributed by atoms with E-state index in [1.807, 2.05) is 0 Å². The number of hydrogen-bond acceptors (Lipinski definition) is 0. The summed E-state index contributed by atoms with van der Waals surface area (Å²) in [5, 5.41) is 0. The van der Waals surface area contributed by atoms with E-state index in [2.05, 4.69) is 0 Å². The molecule has 8 radical (unpaired) electrons. The molecule has 0 aliphatic heterocycles. The molecule has 0 aromatic carbocycles. The minimum absolute atomic E-state index is 0. The molecule has 0 amide bonds. The summed E-state index contributed by atoms with van der Waals surface area (Å²) in [7, 11) is 0. The Labute approximate surface area is 140 Å². The van der Waals surface area contributed by atoms with Crippen LogP contribution in [0, 0.1) is 0 Å². The van der Waals surface area contributed by atoms with E-state index in [1.54, 1.807) is 0 Å².